The molecule has 0 aliphatic rings. The molecular formula is C27H35NO4. The average molecular weight is 438 g/mol. The highest BCUT2D eigenvalue weighted by Gasteiger charge is 2.24. The van der Waals surface area contributed by atoms with Crippen molar-refractivity contribution < 1.29 is 19.4 Å². The highest BCUT2D eigenvalue weighted by Crippen LogP contribution is 2.37. The molecule has 0 aliphatic carbocycles. The van der Waals surface area contributed by atoms with Crippen LogP contribution in [0.2, 0.25) is 0 Å². The molecule has 2 aromatic carbocycles. The van der Waals surface area contributed by atoms with Gasteiger partial charge in [-0.2, -0.15) is 0 Å². The Bertz CT molecular complexity index is 1010. The van der Waals surface area contributed by atoms with E-state index in [1.54, 1.807) is 6.20 Å². The Balaban J connectivity index is 1.95. The van der Waals surface area contributed by atoms with Gasteiger partial charge in [0.05, 0.1) is 12.5 Å². The molecule has 0 aliphatic heterocycles. The largest absolute Gasteiger partial charge is 0.485 e. The molecule has 0 spiro atoms. The van der Waals surface area contributed by atoms with Crippen LogP contribution in [0, 0.1) is 5.92 Å². The standard InChI is InChI=1S/C27H35NO4/c1-5-21(27(29)30)22-17-28-23-8-7-9-25(26(22)23)32-24(14-15-31-6-2)20-12-10-19(11-13-20)16-18(3)4/h7-13,17-18,21,24,28H,5-6,14-16H2,1-4H3,(H,29,30). The van der Waals surface area contributed by atoms with Gasteiger partial charge in [0.25, 0.3) is 0 Å². The third-order valence-corrected chi connectivity index (χ3v) is 5.77. The summed E-state index contributed by atoms with van der Waals surface area (Å²) in [7, 11) is 0. The van der Waals surface area contributed by atoms with Crippen LogP contribution in [0.4, 0.5) is 0 Å². The number of aromatic nitrogens is 1. The van der Waals surface area contributed by atoms with Crippen LogP contribution in [-0.2, 0) is 16.0 Å². The van der Waals surface area contributed by atoms with E-state index in [2.05, 4.69) is 43.1 Å². The van der Waals surface area contributed by atoms with E-state index in [0.717, 1.165) is 28.5 Å². The number of carboxylic acid groups (broad SMARTS) is 1. The molecule has 2 atom stereocenters. The molecule has 0 bridgehead atoms. The summed E-state index contributed by atoms with van der Waals surface area (Å²) < 4.78 is 12.2. The van der Waals surface area contributed by atoms with Crippen LogP contribution in [0.25, 0.3) is 10.9 Å². The number of aliphatic carboxylic acids is 1. The Kier molecular flexibility index (Phi) is 8.34. The number of hydrogen-bond donors (Lipinski definition) is 2. The molecule has 3 aromatic rings. The molecule has 0 fully saturated rings. The number of fused-ring (bicyclic) bond motifs is 1. The molecular weight excluding hydrogens is 402 g/mol. The smallest absolute Gasteiger partial charge is 0.311 e. The summed E-state index contributed by atoms with van der Waals surface area (Å²) in [6.45, 7) is 9.58. The SMILES string of the molecule is CCOCCC(Oc1cccc2[nH]cc(C(CC)C(=O)O)c12)c1ccc(CC(C)C)cc1. The van der Waals surface area contributed by atoms with Crippen molar-refractivity contribution in [2.75, 3.05) is 13.2 Å². The van der Waals surface area contributed by atoms with Gasteiger partial charge < -0.3 is 19.6 Å². The summed E-state index contributed by atoms with van der Waals surface area (Å²) in [6.07, 6.45) is 3.89. The number of carboxylic acids is 1. The molecule has 0 saturated heterocycles. The van der Waals surface area contributed by atoms with Gasteiger partial charge in [0, 0.05) is 30.1 Å². The Hall–Kier alpha value is -2.79. The second-order valence-corrected chi connectivity index (χ2v) is 8.65. The van der Waals surface area contributed by atoms with Gasteiger partial charge in [-0.15, -0.1) is 0 Å². The summed E-state index contributed by atoms with van der Waals surface area (Å²) in [6, 6.07) is 14.4. The summed E-state index contributed by atoms with van der Waals surface area (Å²) >= 11 is 0. The zero-order chi connectivity index (χ0) is 23.1. The van der Waals surface area contributed by atoms with E-state index in [0.29, 0.717) is 37.7 Å². The van der Waals surface area contributed by atoms with Gasteiger partial charge in [0.2, 0.25) is 0 Å². The first-order chi connectivity index (χ1) is 15.4. The van der Waals surface area contributed by atoms with Crippen LogP contribution in [0.3, 0.4) is 0 Å². The highest BCUT2D eigenvalue weighted by molar-refractivity contribution is 5.93. The molecule has 1 heterocycles. The van der Waals surface area contributed by atoms with Crippen LogP contribution in [0.1, 0.15) is 69.2 Å². The molecule has 1 aromatic heterocycles. The molecule has 0 amide bonds. The topological polar surface area (TPSA) is 71.5 Å². The predicted molar refractivity (Wildman–Crippen MR) is 128 cm³/mol. The second kappa shape index (κ2) is 11.2. The lowest BCUT2D eigenvalue weighted by Crippen LogP contribution is -2.13. The Morgan fingerprint density at radius 2 is 1.84 bits per heavy atom. The van der Waals surface area contributed by atoms with Crippen molar-refractivity contribution in [3.8, 4) is 5.75 Å². The number of aromatic amines is 1. The zero-order valence-corrected chi connectivity index (χ0v) is 19.6. The number of hydrogen-bond acceptors (Lipinski definition) is 3. The number of carbonyl (C=O) groups is 1. The normalized spacial score (nSPS) is 13.4. The minimum Gasteiger partial charge on any atom is -0.485 e. The van der Waals surface area contributed by atoms with Crippen molar-refractivity contribution in [2.24, 2.45) is 5.92 Å². The maximum Gasteiger partial charge on any atom is 0.311 e. The van der Waals surface area contributed by atoms with E-state index in [1.165, 1.54) is 5.56 Å². The quantitative estimate of drug-likeness (QED) is 0.318. The summed E-state index contributed by atoms with van der Waals surface area (Å²) in [5.74, 6) is -0.0926. The molecule has 0 saturated carbocycles. The van der Waals surface area contributed by atoms with E-state index in [-0.39, 0.29) is 6.10 Å². The predicted octanol–water partition coefficient (Wildman–Crippen LogP) is 6.49. The number of ether oxygens (including phenoxy) is 2. The van der Waals surface area contributed by atoms with Crippen molar-refractivity contribution in [1.29, 1.82) is 0 Å². The van der Waals surface area contributed by atoms with Gasteiger partial charge >= 0.3 is 5.97 Å². The maximum absolute atomic E-state index is 11.8. The Labute approximate surface area is 190 Å². The van der Waals surface area contributed by atoms with E-state index in [4.69, 9.17) is 9.47 Å². The first kappa shape index (κ1) is 23.9. The van der Waals surface area contributed by atoms with Gasteiger partial charge in [-0.3, -0.25) is 4.79 Å². The average Bonchev–Trinajstić information content (AvgIpc) is 3.18. The lowest BCUT2D eigenvalue weighted by atomic mass is 9.95. The van der Waals surface area contributed by atoms with Crippen LogP contribution in [-0.4, -0.2) is 29.3 Å². The zero-order valence-electron chi connectivity index (χ0n) is 19.6. The third-order valence-electron chi connectivity index (χ3n) is 5.77. The van der Waals surface area contributed by atoms with Gasteiger partial charge in [0.15, 0.2) is 0 Å². The molecule has 5 heteroatoms. The van der Waals surface area contributed by atoms with Crippen LogP contribution < -0.4 is 4.74 Å². The molecule has 0 radical (unpaired) electrons. The van der Waals surface area contributed by atoms with Crippen molar-refractivity contribution in [2.45, 2.75) is 59.0 Å². The van der Waals surface area contributed by atoms with Gasteiger partial charge in [0.1, 0.15) is 11.9 Å². The van der Waals surface area contributed by atoms with E-state index in [9.17, 15) is 9.90 Å². The van der Waals surface area contributed by atoms with Gasteiger partial charge in [-0.05, 0) is 54.5 Å². The van der Waals surface area contributed by atoms with Crippen molar-refractivity contribution in [3.63, 3.8) is 0 Å². The first-order valence-corrected chi connectivity index (χ1v) is 11.6. The summed E-state index contributed by atoms with van der Waals surface area (Å²) in [4.78, 5) is 15.1. The van der Waals surface area contributed by atoms with Crippen molar-refractivity contribution in [1.82, 2.24) is 4.98 Å². The second-order valence-electron chi connectivity index (χ2n) is 8.65. The summed E-state index contributed by atoms with van der Waals surface area (Å²) in [5, 5.41) is 10.6. The third kappa shape index (κ3) is 5.71. The number of benzene rings is 2. The maximum atomic E-state index is 11.8. The number of nitrogens with one attached hydrogen (secondary N) is 1. The summed E-state index contributed by atoms with van der Waals surface area (Å²) in [5.41, 5.74) is 4.06. The van der Waals surface area contributed by atoms with Gasteiger partial charge in [-0.25, -0.2) is 0 Å². The molecule has 172 valence electrons. The molecule has 32 heavy (non-hydrogen) atoms. The van der Waals surface area contributed by atoms with Crippen molar-refractivity contribution in [3.05, 3.63) is 65.4 Å². The fraction of sp³-hybridized carbons (Fsp3) is 0.444. The van der Waals surface area contributed by atoms with Crippen LogP contribution in [0.5, 0.6) is 5.75 Å². The number of rotatable bonds is 12. The molecule has 3 rings (SSSR count). The molecule has 5 nitrogen and oxygen atoms in total. The molecule has 2 unspecified atom stereocenters. The fourth-order valence-electron chi connectivity index (χ4n) is 4.20. The molecule has 2 N–H and O–H groups in total. The van der Waals surface area contributed by atoms with Crippen molar-refractivity contribution >= 4 is 16.9 Å². The minimum absolute atomic E-state index is 0.187. The lowest BCUT2D eigenvalue weighted by Gasteiger charge is -2.22. The fourth-order valence-corrected chi connectivity index (χ4v) is 4.20. The van der Waals surface area contributed by atoms with E-state index in [1.807, 2.05) is 32.0 Å². The monoisotopic (exact) mass is 437 g/mol. The van der Waals surface area contributed by atoms with Crippen LogP contribution in [0.15, 0.2) is 48.7 Å². The lowest BCUT2D eigenvalue weighted by molar-refractivity contribution is -0.138. The highest BCUT2D eigenvalue weighted by atomic mass is 16.5. The Morgan fingerprint density at radius 1 is 1.09 bits per heavy atom. The van der Waals surface area contributed by atoms with E-state index >= 15 is 0 Å². The number of H-pyrrole nitrogens is 1. The van der Waals surface area contributed by atoms with E-state index < -0.39 is 11.9 Å². The van der Waals surface area contributed by atoms with Gasteiger partial charge in [-0.1, -0.05) is 51.1 Å². The minimum atomic E-state index is -0.822. The first-order valence-electron chi connectivity index (χ1n) is 11.6. The van der Waals surface area contributed by atoms with Crippen LogP contribution >= 0.6 is 0 Å². The Morgan fingerprint density at radius 3 is 2.47 bits per heavy atom.